The van der Waals surface area contributed by atoms with Crippen LogP contribution in [0.2, 0.25) is 0 Å². The summed E-state index contributed by atoms with van der Waals surface area (Å²) in [5.74, 6) is 0.225. The Bertz CT molecular complexity index is 232. The minimum atomic E-state index is -0.204. The van der Waals surface area contributed by atoms with Crippen molar-refractivity contribution in [1.82, 2.24) is 10.6 Å². The van der Waals surface area contributed by atoms with Gasteiger partial charge in [-0.3, -0.25) is 4.79 Å². The van der Waals surface area contributed by atoms with Crippen LogP contribution in [0, 0.1) is 5.41 Å². The van der Waals surface area contributed by atoms with Gasteiger partial charge in [-0.15, -0.1) is 0 Å². The van der Waals surface area contributed by atoms with E-state index in [2.05, 4.69) is 38.3 Å². The molecule has 0 aromatic heterocycles. The van der Waals surface area contributed by atoms with E-state index in [1.165, 1.54) is 0 Å². The second-order valence-electron chi connectivity index (χ2n) is 5.28. The molecule has 0 aromatic rings. The second-order valence-corrected chi connectivity index (χ2v) is 5.28. The van der Waals surface area contributed by atoms with Crippen molar-refractivity contribution < 1.29 is 4.79 Å². The van der Waals surface area contributed by atoms with E-state index in [9.17, 15) is 4.79 Å². The highest BCUT2D eigenvalue weighted by atomic mass is 16.2. The smallest absolute Gasteiger partial charge is 0.227 e. The number of carbonyl (C=O) groups excluding carboxylic acids is 1. The van der Waals surface area contributed by atoms with Crippen LogP contribution in [0.25, 0.3) is 0 Å². The van der Waals surface area contributed by atoms with Crippen LogP contribution in [0.5, 0.6) is 0 Å². The molecule has 0 bridgehead atoms. The molecule has 16 heavy (non-hydrogen) atoms. The van der Waals surface area contributed by atoms with Crippen LogP contribution >= 0.6 is 0 Å². The van der Waals surface area contributed by atoms with Crippen molar-refractivity contribution in [1.29, 1.82) is 0 Å². The molecule has 0 aromatic carbocycles. The quantitative estimate of drug-likeness (QED) is 0.753. The first kappa shape index (κ1) is 13.5. The third-order valence-corrected chi connectivity index (χ3v) is 4.33. The molecule has 1 saturated heterocycles. The molecule has 3 heteroatoms. The predicted molar refractivity (Wildman–Crippen MR) is 67.3 cm³/mol. The molecule has 0 saturated carbocycles. The SMILES string of the molecule is CCC(CC)(CC)NC(=O)C1(C)CCNC1. The molecule has 0 aliphatic carbocycles. The zero-order chi connectivity index (χ0) is 12.2. The summed E-state index contributed by atoms with van der Waals surface area (Å²) in [5, 5.41) is 6.56. The van der Waals surface area contributed by atoms with Crippen LogP contribution in [0.15, 0.2) is 0 Å². The average Bonchev–Trinajstić information content (AvgIpc) is 2.74. The minimum Gasteiger partial charge on any atom is -0.350 e. The molecule has 1 aliphatic rings. The fraction of sp³-hybridized carbons (Fsp3) is 0.923. The van der Waals surface area contributed by atoms with Crippen molar-refractivity contribution in [2.75, 3.05) is 13.1 Å². The van der Waals surface area contributed by atoms with Gasteiger partial charge >= 0.3 is 0 Å². The highest BCUT2D eigenvalue weighted by Crippen LogP contribution is 2.28. The Balaban J connectivity index is 2.68. The maximum Gasteiger partial charge on any atom is 0.227 e. The second kappa shape index (κ2) is 5.17. The normalized spacial score (nSPS) is 25.8. The topological polar surface area (TPSA) is 41.1 Å². The van der Waals surface area contributed by atoms with Gasteiger partial charge in [0.25, 0.3) is 0 Å². The highest BCUT2D eigenvalue weighted by Gasteiger charge is 2.39. The van der Waals surface area contributed by atoms with E-state index >= 15 is 0 Å². The molecule has 1 amide bonds. The van der Waals surface area contributed by atoms with Crippen LogP contribution in [0.4, 0.5) is 0 Å². The Morgan fingerprint density at radius 2 is 1.88 bits per heavy atom. The van der Waals surface area contributed by atoms with E-state index in [-0.39, 0.29) is 16.9 Å². The highest BCUT2D eigenvalue weighted by molar-refractivity contribution is 5.83. The zero-order valence-corrected chi connectivity index (χ0v) is 11.2. The Kier molecular flexibility index (Phi) is 4.36. The predicted octanol–water partition coefficient (Wildman–Crippen LogP) is 2.07. The van der Waals surface area contributed by atoms with Crippen molar-refractivity contribution in [2.24, 2.45) is 5.41 Å². The fourth-order valence-electron chi connectivity index (χ4n) is 2.42. The lowest BCUT2D eigenvalue weighted by molar-refractivity contribution is -0.131. The molecule has 1 unspecified atom stereocenters. The van der Waals surface area contributed by atoms with Crippen LogP contribution < -0.4 is 10.6 Å². The summed E-state index contributed by atoms with van der Waals surface area (Å²) in [5.41, 5.74) is -0.201. The fourth-order valence-corrected chi connectivity index (χ4v) is 2.42. The first-order valence-corrected chi connectivity index (χ1v) is 6.55. The maximum absolute atomic E-state index is 12.3. The van der Waals surface area contributed by atoms with Crippen LogP contribution in [-0.4, -0.2) is 24.5 Å². The molecular weight excluding hydrogens is 200 g/mol. The average molecular weight is 226 g/mol. The van der Waals surface area contributed by atoms with Crippen LogP contribution in [-0.2, 0) is 4.79 Å². The summed E-state index contributed by atoms with van der Waals surface area (Å²) in [6, 6.07) is 0. The lowest BCUT2D eigenvalue weighted by atomic mass is 9.84. The third-order valence-electron chi connectivity index (χ3n) is 4.33. The lowest BCUT2D eigenvalue weighted by Gasteiger charge is -2.35. The molecule has 94 valence electrons. The van der Waals surface area contributed by atoms with Crippen LogP contribution in [0.1, 0.15) is 53.4 Å². The van der Waals surface area contributed by atoms with Crippen molar-refractivity contribution in [3.05, 3.63) is 0 Å². The first-order valence-electron chi connectivity index (χ1n) is 6.55. The summed E-state index contributed by atoms with van der Waals surface area (Å²) in [6.45, 7) is 10.3. The van der Waals surface area contributed by atoms with Crippen molar-refractivity contribution in [3.8, 4) is 0 Å². The van der Waals surface area contributed by atoms with E-state index < -0.39 is 0 Å². The Morgan fingerprint density at radius 1 is 1.31 bits per heavy atom. The number of rotatable bonds is 5. The van der Waals surface area contributed by atoms with Gasteiger partial charge in [-0.1, -0.05) is 20.8 Å². The van der Waals surface area contributed by atoms with Crippen LogP contribution in [0.3, 0.4) is 0 Å². The van der Waals surface area contributed by atoms with Gasteiger partial charge in [0.05, 0.1) is 5.41 Å². The van der Waals surface area contributed by atoms with Gasteiger partial charge in [-0.25, -0.2) is 0 Å². The largest absolute Gasteiger partial charge is 0.350 e. The number of amides is 1. The monoisotopic (exact) mass is 226 g/mol. The lowest BCUT2D eigenvalue weighted by Crippen LogP contribution is -2.52. The van der Waals surface area contributed by atoms with E-state index in [0.717, 1.165) is 38.8 Å². The summed E-state index contributed by atoms with van der Waals surface area (Å²) in [6.07, 6.45) is 3.98. The molecule has 1 atom stereocenters. The Labute approximate surface area is 99.4 Å². The molecule has 1 fully saturated rings. The van der Waals surface area contributed by atoms with Crippen molar-refractivity contribution >= 4 is 5.91 Å². The Morgan fingerprint density at radius 3 is 2.25 bits per heavy atom. The summed E-state index contributed by atoms with van der Waals surface area (Å²) in [4.78, 5) is 12.3. The first-order chi connectivity index (χ1) is 7.52. The molecule has 1 aliphatic heterocycles. The van der Waals surface area contributed by atoms with Gasteiger partial charge in [0.15, 0.2) is 0 Å². The molecular formula is C13H26N2O. The summed E-state index contributed by atoms with van der Waals surface area (Å²) < 4.78 is 0. The molecule has 0 spiro atoms. The molecule has 1 heterocycles. The van der Waals surface area contributed by atoms with Gasteiger partial charge in [-0.2, -0.15) is 0 Å². The van der Waals surface area contributed by atoms with Gasteiger partial charge < -0.3 is 10.6 Å². The number of hydrogen-bond donors (Lipinski definition) is 2. The van der Waals surface area contributed by atoms with E-state index in [1.807, 2.05) is 0 Å². The van der Waals surface area contributed by atoms with Gasteiger partial charge in [0, 0.05) is 12.1 Å². The standard InChI is InChI=1S/C13H26N2O/c1-5-13(6-2,7-3)15-11(16)12(4)8-9-14-10-12/h14H,5-10H2,1-4H3,(H,15,16). The minimum absolute atomic E-state index is 0.00266. The van der Waals surface area contributed by atoms with Gasteiger partial charge in [0.1, 0.15) is 0 Å². The number of carbonyl (C=O) groups is 1. The van der Waals surface area contributed by atoms with Crippen molar-refractivity contribution in [2.45, 2.75) is 58.9 Å². The van der Waals surface area contributed by atoms with E-state index in [4.69, 9.17) is 0 Å². The summed E-state index contributed by atoms with van der Waals surface area (Å²) >= 11 is 0. The maximum atomic E-state index is 12.3. The number of hydrogen-bond acceptors (Lipinski definition) is 2. The molecule has 2 N–H and O–H groups in total. The summed E-state index contributed by atoms with van der Waals surface area (Å²) in [7, 11) is 0. The van der Waals surface area contributed by atoms with E-state index in [0.29, 0.717) is 0 Å². The van der Waals surface area contributed by atoms with Crippen molar-refractivity contribution in [3.63, 3.8) is 0 Å². The molecule has 0 radical (unpaired) electrons. The van der Waals surface area contributed by atoms with Gasteiger partial charge in [-0.05, 0) is 39.2 Å². The molecule has 1 rings (SSSR count). The third kappa shape index (κ3) is 2.57. The Hall–Kier alpha value is -0.570. The zero-order valence-electron chi connectivity index (χ0n) is 11.2. The number of nitrogens with one attached hydrogen (secondary N) is 2. The van der Waals surface area contributed by atoms with Gasteiger partial charge in [0.2, 0.25) is 5.91 Å². The van der Waals surface area contributed by atoms with E-state index in [1.54, 1.807) is 0 Å². The molecule has 3 nitrogen and oxygen atoms in total.